The van der Waals surface area contributed by atoms with Crippen molar-refractivity contribution in [3.05, 3.63) is 82.9 Å². The van der Waals surface area contributed by atoms with Gasteiger partial charge in [-0.25, -0.2) is 0 Å². The molecule has 158 valence electrons. The lowest BCUT2D eigenvalue weighted by Crippen LogP contribution is -2.30. The molecule has 3 heterocycles. The molecule has 0 aromatic heterocycles. The second-order valence-corrected chi connectivity index (χ2v) is 7.81. The van der Waals surface area contributed by atoms with Crippen LogP contribution >= 0.6 is 0 Å². The van der Waals surface area contributed by atoms with E-state index in [0.29, 0.717) is 31.1 Å². The minimum absolute atomic E-state index is 0.0772. The molecule has 3 aliphatic rings. The lowest BCUT2D eigenvalue weighted by Gasteiger charge is -2.28. The third kappa shape index (κ3) is 4.07. The van der Waals surface area contributed by atoms with Gasteiger partial charge >= 0.3 is 0 Å². The van der Waals surface area contributed by atoms with E-state index in [1.54, 1.807) is 12.1 Å². The van der Waals surface area contributed by atoms with Crippen LogP contribution in [0, 0.1) is 0 Å². The lowest BCUT2D eigenvalue weighted by molar-refractivity contribution is 0.0948. The normalized spacial score (nSPS) is 18.2. The van der Waals surface area contributed by atoms with Gasteiger partial charge in [-0.05, 0) is 72.0 Å². The fourth-order valence-electron chi connectivity index (χ4n) is 4.14. The monoisotopic (exact) mass is 416 g/mol. The van der Waals surface area contributed by atoms with Crippen molar-refractivity contribution in [2.45, 2.75) is 18.9 Å². The molecule has 31 heavy (non-hydrogen) atoms. The standard InChI is InChI=1S/C25H24N2O4/c28-23-8-6-20-15-22(23)25(29)27-10-2-12-30-18-4-1-3-17(14-18)24-21-7-5-19(31-20)13-16(21)9-11-26-24/h1,3-8,13-15,24,26,28H,2,9-12H2,(H,27,29). The largest absolute Gasteiger partial charge is 0.507 e. The fourth-order valence-corrected chi connectivity index (χ4v) is 4.14. The number of fused-ring (bicyclic) bond motifs is 6. The summed E-state index contributed by atoms with van der Waals surface area (Å²) in [5.74, 6) is 1.60. The molecular formula is C25H24N2O4. The smallest absolute Gasteiger partial charge is 0.255 e. The summed E-state index contributed by atoms with van der Waals surface area (Å²) in [6, 6.07) is 19.0. The van der Waals surface area contributed by atoms with Gasteiger partial charge in [0.05, 0.1) is 18.2 Å². The van der Waals surface area contributed by atoms with Crippen molar-refractivity contribution in [3.63, 3.8) is 0 Å². The Morgan fingerprint density at radius 1 is 0.935 bits per heavy atom. The SMILES string of the molecule is O=C1NCCCOc2cccc(c2)C2NCCc3cc(ccc32)Oc2ccc(O)c1c2. The van der Waals surface area contributed by atoms with Gasteiger partial charge in [-0.15, -0.1) is 0 Å². The van der Waals surface area contributed by atoms with Crippen molar-refractivity contribution in [1.82, 2.24) is 10.6 Å². The van der Waals surface area contributed by atoms with E-state index in [0.717, 1.165) is 24.3 Å². The van der Waals surface area contributed by atoms with E-state index >= 15 is 0 Å². The van der Waals surface area contributed by atoms with Crippen LogP contribution in [0.15, 0.2) is 60.7 Å². The highest BCUT2D eigenvalue weighted by atomic mass is 16.5. The summed E-state index contributed by atoms with van der Waals surface area (Å²) in [5.41, 5.74) is 3.80. The van der Waals surface area contributed by atoms with E-state index < -0.39 is 0 Å². The quantitative estimate of drug-likeness (QED) is 0.517. The van der Waals surface area contributed by atoms with Crippen LogP contribution < -0.4 is 20.1 Å². The Kier molecular flexibility index (Phi) is 5.22. The zero-order valence-corrected chi connectivity index (χ0v) is 17.1. The molecule has 6 nitrogen and oxygen atoms in total. The number of aromatic hydroxyl groups is 1. The topological polar surface area (TPSA) is 79.8 Å². The van der Waals surface area contributed by atoms with Crippen LogP contribution in [0.5, 0.6) is 23.0 Å². The highest BCUT2D eigenvalue weighted by molar-refractivity contribution is 5.97. The van der Waals surface area contributed by atoms with Crippen molar-refractivity contribution < 1.29 is 19.4 Å². The molecule has 0 fully saturated rings. The highest BCUT2D eigenvalue weighted by Crippen LogP contribution is 2.34. The molecule has 1 atom stereocenters. The average Bonchev–Trinajstić information content (AvgIpc) is 2.79. The molecule has 6 rings (SSSR count). The van der Waals surface area contributed by atoms with E-state index in [2.05, 4.69) is 34.9 Å². The number of nitrogens with one attached hydrogen (secondary N) is 2. The van der Waals surface area contributed by atoms with Gasteiger partial charge < -0.3 is 25.2 Å². The molecule has 0 radical (unpaired) electrons. The maximum atomic E-state index is 12.5. The van der Waals surface area contributed by atoms with Crippen molar-refractivity contribution in [2.24, 2.45) is 0 Å². The van der Waals surface area contributed by atoms with Crippen molar-refractivity contribution in [2.75, 3.05) is 19.7 Å². The number of carbonyl (C=O) groups excluding carboxylic acids is 1. The molecular weight excluding hydrogens is 392 g/mol. The molecule has 0 saturated heterocycles. The maximum absolute atomic E-state index is 12.5. The van der Waals surface area contributed by atoms with Gasteiger partial charge in [0.15, 0.2) is 0 Å². The van der Waals surface area contributed by atoms with Crippen LogP contribution in [0.4, 0.5) is 0 Å². The number of amides is 1. The molecule has 1 amide bonds. The zero-order chi connectivity index (χ0) is 21.2. The molecule has 8 bridgehead atoms. The van der Waals surface area contributed by atoms with Gasteiger partial charge in [-0.3, -0.25) is 4.79 Å². The van der Waals surface area contributed by atoms with Crippen molar-refractivity contribution in [1.29, 1.82) is 0 Å². The molecule has 3 aromatic carbocycles. The first-order valence-electron chi connectivity index (χ1n) is 10.6. The fraction of sp³-hybridized carbons (Fsp3) is 0.240. The number of hydrogen-bond acceptors (Lipinski definition) is 5. The number of ether oxygens (including phenoxy) is 2. The average molecular weight is 416 g/mol. The predicted octanol–water partition coefficient (Wildman–Crippen LogP) is 3.93. The van der Waals surface area contributed by atoms with Gasteiger partial charge in [-0.1, -0.05) is 18.2 Å². The molecule has 0 spiro atoms. The molecule has 3 aromatic rings. The Hall–Kier alpha value is -3.51. The van der Waals surface area contributed by atoms with E-state index in [4.69, 9.17) is 9.47 Å². The van der Waals surface area contributed by atoms with Gasteiger partial charge in [0.25, 0.3) is 5.91 Å². The minimum atomic E-state index is -0.342. The summed E-state index contributed by atoms with van der Waals surface area (Å²) < 4.78 is 12.0. The molecule has 6 heteroatoms. The van der Waals surface area contributed by atoms with Gasteiger partial charge in [0, 0.05) is 13.1 Å². The second-order valence-electron chi connectivity index (χ2n) is 7.81. The second kappa shape index (κ2) is 8.32. The van der Waals surface area contributed by atoms with Crippen LogP contribution in [-0.4, -0.2) is 30.7 Å². The minimum Gasteiger partial charge on any atom is -0.507 e. The summed E-state index contributed by atoms with van der Waals surface area (Å²) in [6.07, 6.45) is 1.56. The van der Waals surface area contributed by atoms with Crippen LogP contribution in [0.3, 0.4) is 0 Å². The maximum Gasteiger partial charge on any atom is 0.255 e. The Morgan fingerprint density at radius 3 is 2.74 bits per heavy atom. The van der Waals surface area contributed by atoms with Gasteiger partial charge in [0.1, 0.15) is 23.0 Å². The molecule has 3 N–H and O–H groups in total. The van der Waals surface area contributed by atoms with Crippen molar-refractivity contribution in [3.8, 4) is 23.0 Å². The molecule has 0 aliphatic carbocycles. The number of carbonyl (C=O) groups is 1. The van der Waals surface area contributed by atoms with E-state index in [9.17, 15) is 9.90 Å². The Bertz CT molecular complexity index is 1130. The molecule has 1 unspecified atom stereocenters. The van der Waals surface area contributed by atoms with Crippen LogP contribution in [0.2, 0.25) is 0 Å². The summed E-state index contributed by atoms with van der Waals surface area (Å²) in [7, 11) is 0. The van der Waals surface area contributed by atoms with E-state index in [-0.39, 0.29) is 23.3 Å². The van der Waals surface area contributed by atoms with Crippen LogP contribution in [0.1, 0.15) is 39.5 Å². The summed E-state index contributed by atoms with van der Waals surface area (Å²) in [4.78, 5) is 12.5. The number of hydrogen-bond donors (Lipinski definition) is 3. The third-order valence-corrected chi connectivity index (χ3v) is 5.68. The Balaban J connectivity index is 1.55. The lowest BCUT2D eigenvalue weighted by atomic mass is 9.89. The Labute approximate surface area is 180 Å². The first kappa shape index (κ1) is 19.5. The zero-order valence-electron chi connectivity index (χ0n) is 17.1. The van der Waals surface area contributed by atoms with Crippen LogP contribution in [-0.2, 0) is 6.42 Å². The summed E-state index contributed by atoms with van der Waals surface area (Å²) >= 11 is 0. The van der Waals surface area contributed by atoms with Crippen molar-refractivity contribution >= 4 is 5.91 Å². The summed E-state index contributed by atoms with van der Waals surface area (Å²) in [5, 5.41) is 16.6. The van der Waals surface area contributed by atoms with Crippen LogP contribution in [0.25, 0.3) is 0 Å². The first-order valence-corrected chi connectivity index (χ1v) is 10.6. The van der Waals surface area contributed by atoms with E-state index in [1.807, 2.05) is 18.2 Å². The Morgan fingerprint density at radius 2 is 1.81 bits per heavy atom. The number of benzene rings is 3. The molecule has 3 aliphatic heterocycles. The first-order chi connectivity index (χ1) is 15.2. The third-order valence-electron chi connectivity index (χ3n) is 5.68. The number of rotatable bonds is 0. The number of phenolic OH excluding ortho intramolecular Hbond substituents is 1. The highest BCUT2D eigenvalue weighted by Gasteiger charge is 2.22. The number of phenols is 1. The van der Waals surface area contributed by atoms with Gasteiger partial charge in [-0.2, -0.15) is 0 Å². The summed E-state index contributed by atoms with van der Waals surface area (Å²) in [6.45, 7) is 1.80. The van der Waals surface area contributed by atoms with Gasteiger partial charge in [0.2, 0.25) is 0 Å². The predicted molar refractivity (Wildman–Crippen MR) is 117 cm³/mol. The molecule has 0 saturated carbocycles. The van der Waals surface area contributed by atoms with E-state index in [1.165, 1.54) is 17.2 Å².